The molecule has 1 fully saturated rings. The van der Waals surface area contributed by atoms with Gasteiger partial charge >= 0.3 is 0 Å². The Labute approximate surface area is 165 Å². The van der Waals surface area contributed by atoms with Crippen molar-refractivity contribution >= 4 is 11.9 Å². The second-order valence-corrected chi connectivity index (χ2v) is 7.77. The van der Waals surface area contributed by atoms with Crippen molar-refractivity contribution in [2.24, 2.45) is 10.9 Å². The van der Waals surface area contributed by atoms with E-state index >= 15 is 0 Å². The summed E-state index contributed by atoms with van der Waals surface area (Å²) in [5, 5.41) is 6.91. The molecule has 0 spiro atoms. The van der Waals surface area contributed by atoms with E-state index in [1.165, 1.54) is 0 Å². The summed E-state index contributed by atoms with van der Waals surface area (Å²) in [4.78, 5) is 20.5. The first kappa shape index (κ1) is 23.7. The summed E-state index contributed by atoms with van der Waals surface area (Å²) in [6, 6.07) is 0.404. The maximum atomic E-state index is 11.9. The molecule has 0 aliphatic carbocycles. The normalized spacial score (nSPS) is 17.8. The number of guanidine groups is 1. The minimum absolute atomic E-state index is 0.172. The number of piperidine rings is 1. The van der Waals surface area contributed by atoms with Gasteiger partial charge in [0.05, 0.1) is 12.6 Å². The van der Waals surface area contributed by atoms with Gasteiger partial charge in [0.15, 0.2) is 5.96 Å². The molecule has 1 rings (SSSR count). The fourth-order valence-electron chi connectivity index (χ4n) is 3.21. The molecule has 0 saturated carbocycles. The van der Waals surface area contributed by atoms with Crippen LogP contribution in [0.15, 0.2) is 4.99 Å². The van der Waals surface area contributed by atoms with Crippen LogP contribution in [0.1, 0.15) is 47.0 Å². The second-order valence-electron chi connectivity index (χ2n) is 7.77. The van der Waals surface area contributed by atoms with Crippen LogP contribution in [-0.4, -0.2) is 87.2 Å². The number of hydrogen-bond acceptors (Lipinski definition) is 4. The minimum Gasteiger partial charge on any atom is -0.378 e. The van der Waals surface area contributed by atoms with Gasteiger partial charge in [0.2, 0.25) is 5.91 Å². The molecule has 0 radical (unpaired) electrons. The Bertz CT molecular complexity index is 446. The Balaban J connectivity index is 2.45. The van der Waals surface area contributed by atoms with Crippen molar-refractivity contribution < 1.29 is 9.53 Å². The predicted octanol–water partition coefficient (Wildman–Crippen LogP) is 1.55. The molecular formula is C20H41N5O2. The molecule has 1 heterocycles. The van der Waals surface area contributed by atoms with Crippen molar-refractivity contribution in [3.63, 3.8) is 0 Å². The van der Waals surface area contributed by atoms with Crippen LogP contribution in [0.2, 0.25) is 0 Å². The third kappa shape index (κ3) is 9.42. The number of ether oxygens (including phenoxy) is 1. The number of amides is 1. The largest absolute Gasteiger partial charge is 0.378 e. The average Bonchev–Trinajstić information content (AvgIpc) is 2.62. The molecular weight excluding hydrogens is 342 g/mol. The number of likely N-dealkylation sites (N-methyl/N-ethyl adjacent to an activating group) is 1. The van der Waals surface area contributed by atoms with Crippen molar-refractivity contribution in [1.29, 1.82) is 0 Å². The highest BCUT2D eigenvalue weighted by Crippen LogP contribution is 2.12. The van der Waals surface area contributed by atoms with Crippen LogP contribution in [0.3, 0.4) is 0 Å². The van der Waals surface area contributed by atoms with Gasteiger partial charge in [-0.1, -0.05) is 13.8 Å². The van der Waals surface area contributed by atoms with E-state index in [0.29, 0.717) is 18.5 Å². The van der Waals surface area contributed by atoms with Crippen molar-refractivity contribution in [3.05, 3.63) is 0 Å². The number of hydrogen-bond donors (Lipinski definition) is 2. The van der Waals surface area contributed by atoms with Gasteiger partial charge in [-0.05, 0) is 39.0 Å². The third-order valence-corrected chi connectivity index (χ3v) is 4.94. The van der Waals surface area contributed by atoms with E-state index in [0.717, 1.165) is 58.0 Å². The summed E-state index contributed by atoms with van der Waals surface area (Å²) >= 11 is 0. The zero-order valence-corrected chi connectivity index (χ0v) is 18.3. The molecule has 1 saturated heterocycles. The smallest absolute Gasteiger partial charge is 0.236 e. The van der Waals surface area contributed by atoms with E-state index in [1.807, 2.05) is 21.0 Å². The second kappa shape index (κ2) is 12.9. The Morgan fingerprint density at radius 1 is 1.26 bits per heavy atom. The Morgan fingerprint density at radius 2 is 1.93 bits per heavy atom. The van der Waals surface area contributed by atoms with Crippen LogP contribution in [0.4, 0.5) is 0 Å². The van der Waals surface area contributed by atoms with E-state index in [1.54, 1.807) is 4.90 Å². The molecule has 0 aromatic rings. The van der Waals surface area contributed by atoms with Crippen molar-refractivity contribution in [3.8, 4) is 0 Å². The van der Waals surface area contributed by atoms with Gasteiger partial charge < -0.3 is 20.3 Å². The van der Waals surface area contributed by atoms with Gasteiger partial charge in [-0.15, -0.1) is 0 Å². The lowest BCUT2D eigenvalue weighted by atomic mass is 10.0. The summed E-state index contributed by atoms with van der Waals surface area (Å²) < 4.78 is 5.81. The fraction of sp³-hybridized carbons (Fsp3) is 0.900. The van der Waals surface area contributed by atoms with Gasteiger partial charge in [0.25, 0.3) is 0 Å². The fourth-order valence-corrected chi connectivity index (χ4v) is 3.21. The molecule has 1 unspecified atom stereocenters. The number of aliphatic imine (C=N–C) groups is 1. The van der Waals surface area contributed by atoms with Gasteiger partial charge in [-0.3, -0.25) is 14.7 Å². The number of nitrogens with zero attached hydrogens (tertiary/aromatic N) is 3. The first-order chi connectivity index (χ1) is 12.9. The number of nitrogens with one attached hydrogen (secondary N) is 2. The number of carbonyl (C=O) groups excluding carboxylic acids is 1. The summed E-state index contributed by atoms with van der Waals surface area (Å²) in [6.45, 7) is 13.3. The molecule has 2 N–H and O–H groups in total. The lowest BCUT2D eigenvalue weighted by Crippen LogP contribution is -2.50. The Morgan fingerprint density at radius 3 is 2.44 bits per heavy atom. The molecule has 1 aliphatic heterocycles. The molecule has 0 bridgehead atoms. The summed E-state index contributed by atoms with van der Waals surface area (Å²) in [7, 11) is 3.62. The molecule has 0 aromatic heterocycles. The van der Waals surface area contributed by atoms with Gasteiger partial charge in [0.1, 0.15) is 0 Å². The molecule has 1 amide bonds. The maximum Gasteiger partial charge on any atom is 0.236 e. The van der Waals surface area contributed by atoms with Crippen LogP contribution in [0.5, 0.6) is 0 Å². The van der Waals surface area contributed by atoms with E-state index < -0.39 is 0 Å². The first-order valence-electron chi connectivity index (χ1n) is 10.5. The molecule has 0 aromatic carbocycles. The zero-order chi connectivity index (χ0) is 20.2. The molecule has 158 valence electrons. The topological polar surface area (TPSA) is 69.2 Å². The number of carbonyl (C=O) groups is 1. The lowest BCUT2D eigenvalue weighted by Gasteiger charge is -2.33. The third-order valence-electron chi connectivity index (χ3n) is 4.94. The van der Waals surface area contributed by atoms with Crippen LogP contribution in [0, 0.1) is 5.92 Å². The van der Waals surface area contributed by atoms with Crippen molar-refractivity contribution in [1.82, 2.24) is 20.4 Å². The standard InChI is InChI=1S/C20H41N5O2/c1-7-21-20(22-12-9-18(16(3)4)27-8-2)23-17-10-13-25(14-11-17)15-19(26)24(5)6/h16-18H,7-15H2,1-6H3,(H2,21,22,23). The predicted molar refractivity (Wildman–Crippen MR) is 112 cm³/mol. The lowest BCUT2D eigenvalue weighted by molar-refractivity contribution is -0.130. The van der Waals surface area contributed by atoms with Crippen molar-refractivity contribution in [2.45, 2.75) is 59.1 Å². The summed E-state index contributed by atoms with van der Waals surface area (Å²) in [6.07, 6.45) is 3.25. The zero-order valence-electron chi connectivity index (χ0n) is 18.3. The SMILES string of the molecule is CCNC(=NCCC(OCC)C(C)C)NC1CCN(CC(=O)N(C)C)CC1. The van der Waals surface area contributed by atoms with E-state index in [2.05, 4.69) is 36.3 Å². The van der Waals surface area contributed by atoms with Gasteiger partial charge in [0, 0.05) is 52.9 Å². The minimum atomic E-state index is 0.172. The molecule has 1 atom stereocenters. The molecule has 27 heavy (non-hydrogen) atoms. The summed E-state index contributed by atoms with van der Waals surface area (Å²) in [5.41, 5.74) is 0. The molecule has 1 aliphatic rings. The Kier molecular flexibility index (Phi) is 11.4. The van der Waals surface area contributed by atoms with Crippen LogP contribution in [0.25, 0.3) is 0 Å². The van der Waals surface area contributed by atoms with E-state index in [9.17, 15) is 4.79 Å². The van der Waals surface area contributed by atoms with Crippen LogP contribution >= 0.6 is 0 Å². The molecule has 7 heteroatoms. The highest BCUT2D eigenvalue weighted by Gasteiger charge is 2.22. The Hall–Kier alpha value is -1.34. The highest BCUT2D eigenvalue weighted by molar-refractivity contribution is 5.80. The van der Waals surface area contributed by atoms with Crippen molar-refractivity contribution in [2.75, 3.05) is 53.4 Å². The highest BCUT2D eigenvalue weighted by atomic mass is 16.5. The van der Waals surface area contributed by atoms with Gasteiger partial charge in [-0.2, -0.15) is 0 Å². The van der Waals surface area contributed by atoms with E-state index in [-0.39, 0.29) is 12.0 Å². The number of rotatable bonds is 10. The van der Waals surface area contributed by atoms with E-state index in [4.69, 9.17) is 9.73 Å². The van der Waals surface area contributed by atoms with Crippen LogP contribution in [-0.2, 0) is 9.53 Å². The average molecular weight is 384 g/mol. The maximum absolute atomic E-state index is 11.9. The molecule has 7 nitrogen and oxygen atoms in total. The quantitative estimate of drug-likeness (QED) is 0.442. The first-order valence-corrected chi connectivity index (χ1v) is 10.5. The van der Waals surface area contributed by atoms with Crippen LogP contribution < -0.4 is 10.6 Å². The monoisotopic (exact) mass is 383 g/mol. The number of likely N-dealkylation sites (tertiary alicyclic amines) is 1. The van der Waals surface area contributed by atoms with Gasteiger partial charge in [-0.25, -0.2) is 0 Å². The summed E-state index contributed by atoms with van der Waals surface area (Å²) in [5.74, 6) is 1.56.